The van der Waals surface area contributed by atoms with Gasteiger partial charge in [0.1, 0.15) is 0 Å². The molecule has 0 N–H and O–H groups in total. The maximum atomic E-state index is 5.66. The number of fused-ring (bicyclic) bond motifs is 1. The Kier molecular flexibility index (Phi) is 5.41. The highest BCUT2D eigenvalue weighted by atomic mass is 16.5. The topological polar surface area (TPSA) is 43.8 Å². The molecule has 142 valence electrons. The zero-order valence-corrected chi connectivity index (χ0v) is 16.0. The van der Waals surface area contributed by atoms with E-state index >= 15 is 0 Å². The minimum Gasteiger partial charge on any atom is -0.493 e. The first-order chi connectivity index (χ1) is 13.3. The lowest BCUT2D eigenvalue weighted by molar-refractivity contribution is 0.136. The first-order valence-corrected chi connectivity index (χ1v) is 9.44. The normalized spacial score (nSPS) is 19.9. The van der Waals surface area contributed by atoms with Gasteiger partial charge in [-0.3, -0.25) is 9.88 Å². The molecule has 0 bridgehead atoms. The number of ether oxygens (including phenoxy) is 3. The Balaban J connectivity index is 1.75. The van der Waals surface area contributed by atoms with Crippen LogP contribution in [0.2, 0.25) is 0 Å². The second-order valence-corrected chi connectivity index (χ2v) is 7.01. The van der Waals surface area contributed by atoms with Crippen LogP contribution in [0.15, 0.2) is 48.3 Å². The average Bonchev–Trinajstić information content (AvgIpc) is 2.74. The summed E-state index contributed by atoms with van der Waals surface area (Å²) in [7, 11) is 3.38. The van der Waals surface area contributed by atoms with Crippen molar-refractivity contribution in [2.24, 2.45) is 0 Å². The molecule has 1 unspecified atom stereocenters. The van der Waals surface area contributed by atoms with Crippen LogP contribution in [0.25, 0.3) is 0 Å². The summed E-state index contributed by atoms with van der Waals surface area (Å²) in [6.07, 6.45) is 8.06. The van der Waals surface area contributed by atoms with Crippen LogP contribution in [0, 0.1) is 0 Å². The number of benzene rings is 1. The molecule has 4 rings (SSSR count). The number of pyridine rings is 1. The van der Waals surface area contributed by atoms with E-state index in [0.29, 0.717) is 0 Å². The molecule has 0 spiro atoms. The highest BCUT2D eigenvalue weighted by molar-refractivity contribution is 5.51. The van der Waals surface area contributed by atoms with E-state index in [1.807, 2.05) is 12.4 Å². The van der Waals surface area contributed by atoms with Gasteiger partial charge in [0.05, 0.1) is 33.5 Å². The number of hydrogen-bond donors (Lipinski definition) is 0. The van der Waals surface area contributed by atoms with Gasteiger partial charge in [-0.1, -0.05) is 6.08 Å². The first kappa shape index (κ1) is 18.0. The zero-order chi connectivity index (χ0) is 18.6. The van der Waals surface area contributed by atoms with E-state index in [1.165, 1.54) is 22.3 Å². The van der Waals surface area contributed by atoms with Crippen molar-refractivity contribution in [1.29, 1.82) is 0 Å². The smallest absolute Gasteiger partial charge is 0.161 e. The van der Waals surface area contributed by atoms with Crippen LogP contribution in [0.3, 0.4) is 0 Å². The molecule has 0 fully saturated rings. The van der Waals surface area contributed by atoms with Crippen LogP contribution in [0.1, 0.15) is 29.2 Å². The average molecular weight is 366 g/mol. The predicted octanol–water partition coefficient (Wildman–Crippen LogP) is 3.39. The third-order valence-corrected chi connectivity index (χ3v) is 5.38. The van der Waals surface area contributed by atoms with Crippen molar-refractivity contribution in [1.82, 2.24) is 9.88 Å². The van der Waals surface area contributed by atoms with Crippen molar-refractivity contribution in [3.8, 4) is 11.5 Å². The van der Waals surface area contributed by atoms with E-state index in [2.05, 4.69) is 40.2 Å². The zero-order valence-electron chi connectivity index (χ0n) is 16.0. The van der Waals surface area contributed by atoms with Crippen molar-refractivity contribution in [2.45, 2.75) is 18.9 Å². The van der Waals surface area contributed by atoms with Gasteiger partial charge in [-0.15, -0.1) is 0 Å². The molecular formula is C22H26N2O3. The van der Waals surface area contributed by atoms with E-state index in [0.717, 1.165) is 50.6 Å². The van der Waals surface area contributed by atoms with Crippen molar-refractivity contribution in [2.75, 3.05) is 40.5 Å². The Morgan fingerprint density at radius 1 is 1.15 bits per heavy atom. The monoisotopic (exact) mass is 366 g/mol. The van der Waals surface area contributed by atoms with Gasteiger partial charge in [-0.25, -0.2) is 0 Å². The maximum Gasteiger partial charge on any atom is 0.161 e. The Morgan fingerprint density at radius 2 is 1.93 bits per heavy atom. The van der Waals surface area contributed by atoms with E-state index in [-0.39, 0.29) is 6.04 Å². The number of nitrogens with zero attached hydrogens (tertiary/aromatic N) is 2. The van der Waals surface area contributed by atoms with Gasteiger partial charge < -0.3 is 14.2 Å². The summed E-state index contributed by atoms with van der Waals surface area (Å²) in [6.45, 7) is 3.48. The summed E-state index contributed by atoms with van der Waals surface area (Å²) < 4.78 is 16.8. The lowest BCUT2D eigenvalue weighted by atomic mass is 9.87. The Bertz CT molecular complexity index is 820. The third kappa shape index (κ3) is 3.70. The van der Waals surface area contributed by atoms with Crippen LogP contribution >= 0.6 is 0 Å². The number of aromatic nitrogens is 1. The number of hydrogen-bond acceptors (Lipinski definition) is 5. The van der Waals surface area contributed by atoms with Gasteiger partial charge in [0.2, 0.25) is 0 Å². The van der Waals surface area contributed by atoms with Gasteiger partial charge in [-0.05, 0) is 59.4 Å². The molecule has 2 aromatic rings. The first-order valence-electron chi connectivity index (χ1n) is 9.44. The molecule has 5 heteroatoms. The standard InChI is InChI=1S/C22H26N2O3/c1-25-20-12-18-7-10-24(14-16-4-3-11-27-15-16)22(17-5-8-23-9-6-17)19(18)13-21(20)26-2/h4-6,8-9,12-13,22H,3,7,10-11,14-15H2,1-2H3. The summed E-state index contributed by atoms with van der Waals surface area (Å²) in [5.41, 5.74) is 5.21. The van der Waals surface area contributed by atoms with E-state index < -0.39 is 0 Å². The SMILES string of the molecule is COc1cc2c(cc1OC)C(c1ccncc1)N(CC1=CCCOC1)CC2. The molecular weight excluding hydrogens is 340 g/mol. The summed E-state index contributed by atoms with van der Waals surface area (Å²) in [5.74, 6) is 1.57. The van der Waals surface area contributed by atoms with Crippen LogP contribution in [-0.4, -0.2) is 50.4 Å². The van der Waals surface area contributed by atoms with Crippen molar-refractivity contribution < 1.29 is 14.2 Å². The van der Waals surface area contributed by atoms with Crippen molar-refractivity contribution in [3.05, 3.63) is 65.0 Å². The molecule has 1 aromatic heterocycles. The minimum atomic E-state index is 0.166. The van der Waals surface area contributed by atoms with Crippen LogP contribution in [0.5, 0.6) is 11.5 Å². The Labute approximate surface area is 160 Å². The fourth-order valence-electron chi connectivity index (χ4n) is 4.08. The molecule has 0 amide bonds. The predicted molar refractivity (Wildman–Crippen MR) is 104 cm³/mol. The Hall–Kier alpha value is -2.37. The van der Waals surface area contributed by atoms with Crippen LogP contribution < -0.4 is 9.47 Å². The fraction of sp³-hybridized carbons (Fsp3) is 0.409. The third-order valence-electron chi connectivity index (χ3n) is 5.38. The van der Waals surface area contributed by atoms with Crippen LogP contribution in [0.4, 0.5) is 0 Å². The van der Waals surface area contributed by atoms with Gasteiger partial charge >= 0.3 is 0 Å². The van der Waals surface area contributed by atoms with Gasteiger partial charge in [0.15, 0.2) is 11.5 Å². The summed E-state index contributed by atoms with van der Waals surface area (Å²) in [6, 6.07) is 8.64. The second-order valence-electron chi connectivity index (χ2n) is 7.01. The molecule has 3 heterocycles. The van der Waals surface area contributed by atoms with Gasteiger partial charge in [0.25, 0.3) is 0 Å². The molecule has 27 heavy (non-hydrogen) atoms. The highest BCUT2D eigenvalue weighted by Crippen LogP contribution is 2.41. The molecule has 0 radical (unpaired) electrons. The van der Waals surface area contributed by atoms with E-state index in [9.17, 15) is 0 Å². The largest absolute Gasteiger partial charge is 0.493 e. The molecule has 0 aliphatic carbocycles. The summed E-state index contributed by atoms with van der Waals surface area (Å²) in [5, 5.41) is 0. The quantitative estimate of drug-likeness (QED) is 0.759. The minimum absolute atomic E-state index is 0.166. The van der Waals surface area contributed by atoms with E-state index in [1.54, 1.807) is 14.2 Å². The lowest BCUT2D eigenvalue weighted by Crippen LogP contribution is -2.38. The molecule has 2 aliphatic heterocycles. The Morgan fingerprint density at radius 3 is 2.63 bits per heavy atom. The van der Waals surface area contributed by atoms with Crippen molar-refractivity contribution >= 4 is 0 Å². The van der Waals surface area contributed by atoms with Crippen molar-refractivity contribution in [3.63, 3.8) is 0 Å². The second kappa shape index (κ2) is 8.11. The molecule has 1 aromatic carbocycles. The summed E-state index contributed by atoms with van der Waals surface area (Å²) >= 11 is 0. The maximum absolute atomic E-state index is 5.66. The van der Waals surface area contributed by atoms with E-state index in [4.69, 9.17) is 14.2 Å². The molecule has 0 saturated carbocycles. The lowest BCUT2D eigenvalue weighted by Gasteiger charge is -2.39. The molecule has 0 saturated heterocycles. The van der Waals surface area contributed by atoms with Gasteiger partial charge in [0, 0.05) is 25.5 Å². The number of rotatable bonds is 5. The molecule has 5 nitrogen and oxygen atoms in total. The summed E-state index contributed by atoms with van der Waals surface area (Å²) in [4.78, 5) is 6.74. The van der Waals surface area contributed by atoms with Crippen LogP contribution in [-0.2, 0) is 11.2 Å². The fourth-order valence-corrected chi connectivity index (χ4v) is 4.08. The van der Waals surface area contributed by atoms with Gasteiger partial charge in [-0.2, -0.15) is 0 Å². The highest BCUT2D eigenvalue weighted by Gasteiger charge is 2.31. The molecule has 2 aliphatic rings. The molecule has 1 atom stereocenters. The number of methoxy groups -OCH3 is 2.